The molecule has 2 aliphatic heterocycles. The molecule has 12 nitrogen and oxygen atoms in total. The van der Waals surface area contributed by atoms with Crippen molar-refractivity contribution in [1.82, 2.24) is 34.4 Å². The molecule has 0 saturated carbocycles. The molecule has 1 aromatic carbocycles. The van der Waals surface area contributed by atoms with Crippen molar-refractivity contribution in [3.63, 3.8) is 0 Å². The Balaban J connectivity index is 1.52. The largest absolute Gasteiger partial charge is 0.494 e. The first-order valence-corrected chi connectivity index (χ1v) is 13.5. The Labute approximate surface area is 235 Å². The molecular formula is C27H32F2N10O2. The number of morpholine rings is 1. The van der Waals surface area contributed by atoms with Gasteiger partial charge in [0.1, 0.15) is 17.1 Å². The van der Waals surface area contributed by atoms with Gasteiger partial charge in [-0.2, -0.15) is 15.0 Å². The van der Waals surface area contributed by atoms with Gasteiger partial charge in [-0.15, -0.1) is 0 Å². The maximum atomic E-state index is 14.4. The lowest BCUT2D eigenvalue weighted by Gasteiger charge is -2.30. The SMILES string of the molecule is COc1cccc2c1nc(C(F)F)n2-c1nc(-c2cc(N)cnc2NC2CCN(C)CC2)nc(N2CCOCC2)n1. The molecule has 216 valence electrons. The molecule has 0 atom stereocenters. The Hall–Kier alpha value is -4.17. The van der Waals surface area contributed by atoms with Crippen LogP contribution in [0.5, 0.6) is 5.75 Å². The molecule has 0 unspecified atom stereocenters. The number of hydrogen-bond donors (Lipinski definition) is 2. The average molecular weight is 567 g/mol. The zero-order valence-electron chi connectivity index (χ0n) is 22.9. The molecule has 0 radical (unpaired) electrons. The van der Waals surface area contributed by atoms with Crippen molar-refractivity contribution in [3.05, 3.63) is 36.3 Å². The summed E-state index contributed by atoms with van der Waals surface area (Å²) in [7, 11) is 3.57. The Morgan fingerprint density at radius 1 is 1.05 bits per heavy atom. The van der Waals surface area contributed by atoms with E-state index in [2.05, 4.69) is 32.2 Å². The van der Waals surface area contributed by atoms with Crippen LogP contribution in [-0.2, 0) is 4.74 Å². The highest BCUT2D eigenvalue weighted by Gasteiger charge is 2.27. The number of alkyl halides is 2. The fraction of sp³-hybridized carbons (Fsp3) is 0.444. The Morgan fingerprint density at radius 2 is 1.80 bits per heavy atom. The van der Waals surface area contributed by atoms with Gasteiger partial charge in [-0.3, -0.25) is 4.57 Å². The number of pyridine rings is 1. The van der Waals surface area contributed by atoms with Crippen LogP contribution in [0.3, 0.4) is 0 Å². The number of nitrogens with one attached hydrogen (secondary N) is 1. The number of hydrogen-bond acceptors (Lipinski definition) is 11. The fourth-order valence-corrected chi connectivity index (χ4v) is 5.20. The van der Waals surface area contributed by atoms with Crippen LogP contribution < -0.4 is 20.7 Å². The van der Waals surface area contributed by atoms with Crippen LogP contribution in [0.2, 0.25) is 0 Å². The molecule has 4 aromatic rings. The van der Waals surface area contributed by atoms with E-state index < -0.39 is 12.2 Å². The van der Waals surface area contributed by atoms with Gasteiger partial charge >= 0.3 is 0 Å². The van der Waals surface area contributed by atoms with Crippen LogP contribution in [0, 0.1) is 0 Å². The number of methoxy groups -OCH3 is 1. The first kappa shape index (κ1) is 27.0. The monoisotopic (exact) mass is 566 g/mol. The quantitative estimate of drug-likeness (QED) is 0.342. The van der Waals surface area contributed by atoms with Crippen molar-refractivity contribution in [2.45, 2.75) is 25.3 Å². The van der Waals surface area contributed by atoms with E-state index in [4.69, 9.17) is 25.2 Å². The third kappa shape index (κ3) is 5.44. The average Bonchev–Trinajstić information content (AvgIpc) is 3.40. The number of rotatable bonds is 7. The summed E-state index contributed by atoms with van der Waals surface area (Å²) in [5, 5.41) is 3.54. The standard InChI is InChI=1S/C27H32F2N10O2/c1-37-8-6-17(7-9-37)32-23-18(14-16(30)15-31-23)24-34-26(38-10-12-41-13-11-38)36-27(35-24)39-19-4-3-5-20(40-2)21(19)33-25(39)22(28)29/h3-5,14-15,17,22H,6-13,30H2,1-2H3,(H,31,32). The molecule has 5 heterocycles. The van der Waals surface area contributed by atoms with Gasteiger partial charge in [0.15, 0.2) is 11.6 Å². The third-order valence-corrected chi connectivity index (χ3v) is 7.40. The summed E-state index contributed by atoms with van der Waals surface area (Å²) >= 11 is 0. The van der Waals surface area contributed by atoms with Gasteiger partial charge in [0, 0.05) is 19.1 Å². The molecule has 3 aromatic heterocycles. The Morgan fingerprint density at radius 3 is 2.54 bits per heavy atom. The van der Waals surface area contributed by atoms with E-state index in [0.29, 0.717) is 60.6 Å². The number of aromatic nitrogens is 6. The molecule has 2 fully saturated rings. The van der Waals surface area contributed by atoms with E-state index in [0.717, 1.165) is 25.9 Å². The lowest BCUT2D eigenvalue weighted by atomic mass is 10.1. The van der Waals surface area contributed by atoms with Gasteiger partial charge in [0.05, 0.1) is 43.3 Å². The second-order valence-corrected chi connectivity index (χ2v) is 10.2. The summed E-state index contributed by atoms with van der Waals surface area (Å²) in [6.07, 6.45) is 0.583. The number of nitrogens with zero attached hydrogens (tertiary/aromatic N) is 8. The van der Waals surface area contributed by atoms with Crippen molar-refractivity contribution in [3.8, 4) is 23.1 Å². The van der Waals surface area contributed by atoms with Crippen LogP contribution in [0.1, 0.15) is 25.1 Å². The number of benzene rings is 1. The summed E-state index contributed by atoms with van der Waals surface area (Å²) in [6.45, 7) is 4.00. The Bertz CT molecular complexity index is 1530. The number of fused-ring (bicyclic) bond motifs is 1. The molecule has 3 N–H and O–H groups in total. The van der Waals surface area contributed by atoms with Gasteiger partial charge in [-0.1, -0.05) is 6.07 Å². The van der Waals surface area contributed by atoms with Crippen molar-refractivity contribution >= 4 is 28.5 Å². The van der Waals surface area contributed by atoms with E-state index in [1.54, 1.807) is 30.5 Å². The molecule has 6 rings (SSSR count). The van der Waals surface area contributed by atoms with E-state index in [1.165, 1.54) is 11.7 Å². The third-order valence-electron chi connectivity index (χ3n) is 7.40. The van der Waals surface area contributed by atoms with E-state index in [-0.39, 0.29) is 23.3 Å². The highest BCUT2D eigenvalue weighted by Crippen LogP contribution is 2.34. The molecule has 0 amide bonds. The molecule has 0 aliphatic carbocycles. The minimum Gasteiger partial charge on any atom is -0.494 e. The number of para-hydroxylation sites is 1. The molecule has 2 aliphatic rings. The minimum atomic E-state index is -2.89. The lowest BCUT2D eigenvalue weighted by molar-refractivity contribution is 0.122. The summed E-state index contributed by atoms with van der Waals surface area (Å²) in [4.78, 5) is 27.2. The number of anilines is 3. The summed E-state index contributed by atoms with van der Waals surface area (Å²) in [5.74, 6) is 1.06. The van der Waals surface area contributed by atoms with Gasteiger partial charge in [-0.25, -0.2) is 18.7 Å². The zero-order chi connectivity index (χ0) is 28.5. The maximum Gasteiger partial charge on any atom is 0.296 e. The van der Waals surface area contributed by atoms with Crippen LogP contribution in [0.25, 0.3) is 28.4 Å². The van der Waals surface area contributed by atoms with Crippen molar-refractivity contribution < 1.29 is 18.3 Å². The minimum absolute atomic E-state index is 0.00945. The van der Waals surface area contributed by atoms with E-state index in [1.807, 2.05) is 4.90 Å². The highest BCUT2D eigenvalue weighted by atomic mass is 19.3. The number of imidazole rings is 1. The second kappa shape index (κ2) is 11.4. The number of halogens is 2. The van der Waals surface area contributed by atoms with Crippen LogP contribution in [0.4, 0.5) is 26.2 Å². The van der Waals surface area contributed by atoms with Crippen LogP contribution >= 0.6 is 0 Å². The first-order chi connectivity index (χ1) is 19.9. The molecule has 14 heteroatoms. The number of nitrogens with two attached hydrogens (primary N) is 1. The van der Waals surface area contributed by atoms with Gasteiger partial charge in [0.25, 0.3) is 6.43 Å². The van der Waals surface area contributed by atoms with Crippen LogP contribution in [-0.4, -0.2) is 94.0 Å². The van der Waals surface area contributed by atoms with Gasteiger partial charge in [0.2, 0.25) is 11.9 Å². The summed E-state index contributed by atoms with van der Waals surface area (Å²) in [5.41, 5.74) is 7.84. The highest BCUT2D eigenvalue weighted by molar-refractivity contribution is 5.84. The van der Waals surface area contributed by atoms with Gasteiger partial charge < -0.3 is 30.3 Å². The number of likely N-dealkylation sites (tertiary alicyclic amines) is 1. The number of ether oxygens (including phenoxy) is 2. The lowest BCUT2D eigenvalue weighted by Crippen LogP contribution is -2.38. The van der Waals surface area contributed by atoms with E-state index in [9.17, 15) is 8.78 Å². The van der Waals surface area contributed by atoms with Gasteiger partial charge in [-0.05, 0) is 51.2 Å². The maximum absolute atomic E-state index is 14.4. The van der Waals surface area contributed by atoms with Crippen molar-refractivity contribution in [2.75, 3.05) is 69.5 Å². The molecule has 0 spiro atoms. The summed E-state index contributed by atoms with van der Waals surface area (Å²) in [6, 6.07) is 7.02. The zero-order valence-corrected chi connectivity index (χ0v) is 22.9. The predicted molar refractivity (Wildman–Crippen MR) is 151 cm³/mol. The van der Waals surface area contributed by atoms with Crippen molar-refractivity contribution in [2.24, 2.45) is 0 Å². The fourth-order valence-electron chi connectivity index (χ4n) is 5.20. The Kier molecular flexibility index (Phi) is 7.49. The predicted octanol–water partition coefficient (Wildman–Crippen LogP) is 3.14. The molecule has 2 saturated heterocycles. The van der Waals surface area contributed by atoms with Crippen molar-refractivity contribution in [1.29, 1.82) is 0 Å². The molecule has 41 heavy (non-hydrogen) atoms. The molecular weight excluding hydrogens is 534 g/mol. The molecule has 0 bridgehead atoms. The first-order valence-electron chi connectivity index (χ1n) is 13.5. The topological polar surface area (TPSA) is 132 Å². The number of piperidine rings is 1. The van der Waals surface area contributed by atoms with E-state index >= 15 is 0 Å². The number of nitrogen functional groups attached to an aromatic ring is 1. The second-order valence-electron chi connectivity index (χ2n) is 10.2. The van der Waals surface area contributed by atoms with Crippen LogP contribution in [0.15, 0.2) is 30.5 Å². The summed E-state index contributed by atoms with van der Waals surface area (Å²) < 4.78 is 41.0. The normalized spacial score (nSPS) is 17.0. The smallest absolute Gasteiger partial charge is 0.296 e.